The lowest BCUT2D eigenvalue weighted by atomic mass is 9.93. The first kappa shape index (κ1) is 18.1. The van der Waals surface area contributed by atoms with E-state index in [9.17, 15) is 5.11 Å². The lowest BCUT2D eigenvalue weighted by Crippen LogP contribution is -2.27. The number of fused-ring (bicyclic) bond motifs is 1. The average Bonchev–Trinajstić information content (AvgIpc) is 3.11. The van der Waals surface area contributed by atoms with Crippen LogP contribution in [0.4, 0.5) is 11.5 Å². The molecular formula is C19H23N5O2S. The fourth-order valence-corrected chi connectivity index (χ4v) is 4.53. The maximum absolute atomic E-state index is 10.7. The molecule has 0 saturated carbocycles. The monoisotopic (exact) mass is 385 g/mol. The molecule has 1 saturated heterocycles. The molecule has 1 unspecified atom stereocenters. The van der Waals surface area contributed by atoms with E-state index in [4.69, 9.17) is 21.3 Å². The Morgan fingerprint density at radius 3 is 2.78 bits per heavy atom. The normalized spacial score (nSPS) is 16.6. The van der Waals surface area contributed by atoms with Gasteiger partial charge in [0.05, 0.1) is 17.5 Å². The van der Waals surface area contributed by atoms with E-state index in [1.165, 1.54) is 16.3 Å². The second kappa shape index (κ2) is 7.40. The van der Waals surface area contributed by atoms with Crippen LogP contribution < -0.4 is 16.6 Å². The number of nitrogens with zero attached hydrogens (tertiary/aromatic N) is 3. The lowest BCUT2D eigenvalue weighted by molar-refractivity contribution is 0.00856. The van der Waals surface area contributed by atoms with Crippen LogP contribution in [0.25, 0.3) is 21.5 Å². The van der Waals surface area contributed by atoms with E-state index in [1.54, 1.807) is 13.2 Å². The highest BCUT2D eigenvalue weighted by Crippen LogP contribution is 2.37. The van der Waals surface area contributed by atoms with Gasteiger partial charge in [0.25, 0.3) is 0 Å². The third-order valence-electron chi connectivity index (χ3n) is 4.93. The molecule has 0 spiro atoms. The largest absolute Gasteiger partial charge is 0.396 e. The number of anilines is 2. The van der Waals surface area contributed by atoms with Crippen molar-refractivity contribution in [2.75, 3.05) is 31.0 Å². The summed E-state index contributed by atoms with van der Waals surface area (Å²) in [6.45, 7) is 1.44. The van der Waals surface area contributed by atoms with Crippen LogP contribution in [-0.4, -0.2) is 35.3 Å². The molecule has 0 bridgehead atoms. The first-order valence-corrected chi connectivity index (χ1v) is 9.75. The molecular weight excluding hydrogens is 362 g/mol. The van der Waals surface area contributed by atoms with E-state index in [1.807, 2.05) is 24.3 Å². The maximum Gasteiger partial charge on any atom is 0.165 e. The molecule has 0 amide bonds. The SMILES string of the molecule is CN(N)c1ncc(-c2ccc3cc(C(O)C4CCOCC4)sc3n2)cc1N. The smallest absolute Gasteiger partial charge is 0.165 e. The van der Waals surface area contributed by atoms with E-state index < -0.39 is 6.10 Å². The van der Waals surface area contributed by atoms with Crippen LogP contribution in [0.1, 0.15) is 23.8 Å². The number of nitrogens with two attached hydrogens (primary N) is 2. The summed E-state index contributed by atoms with van der Waals surface area (Å²) < 4.78 is 5.40. The van der Waals surface area contributed by atoms with Crippen molar-refractivity contribution in [2.24, 2.45) is 11.8 Å². The Kier molecular flexibility index (Phi) is 4.96. The Morgan fingerprint density at radius 2 is 2.07 bits per heavy atom. The summed E-state index contributed by atoms with van der Waals surface area (Å²) in [6.07, 6.45) is 3.03. The van der Waals surface area contributed by atoms with Crippen LogP contribution in [0.15, 0.2) is 30.5 Å². The summed E-state index contributed by atoms with van der Waals surface area (Å²) in [5, 5.41) is 13.2. The molecule has 4 heterocycles. The quantitative estimate of drug-likeness (QED) is 0.468. The van der Waals surface area contributed by atoms with Crippen LogP contribution >= 0.6 is 11.3 Å². The molecule has 27 heavy (non-hydrogen) atoms. The molecule has 3 aromatic heterocycles. The Hall–Kier alpha value is -2.26. The van der Waals surface area contributed by atoms with Crippen molar-refractivity contribution < 1.29 is 9.84 Å². The first-order valence-electron chi connectivity index (χ1n) is 8.93. The molecule has 7 nitrogen and oxygen atoms in total. The number of aliphatic hydroxyl groups is 1. The van der Waals surface area contributed by atoms with Crippen LogP contribution in [0.5, 0.6) is 0 Å². The zero-order chi connectivity index (χ0) is 19.0. The van der Waals surface area contributed by atoms with Gasteiger partial charge in [0, 0.05) is 42.3 Å². The van der Waals surface area contributed by atoms with E-state index >= 15 is 0 Å². The summed E-state index contributed by atoms with van der Waals surface area (Å²) in [7, 11) is 1.69. The van der Waals surface area contributed by atoms with Crippen molar-refractivity contribution in [3.05, 3.63) is 35.3 Å². The number of aliphatic hydroxyl groups excluding tert-OH is 1. The maximum atomic E-state index is 10.7. The van der Waals surface area contributed by atoms with E-state index in [-0.39, 0.29) is 5.92 Å². The minimum atomic E-state index is -0.465. The van der Waals surface area contributed by atoms with Gasteiger partial charge in [-0.3, -0.25) is 5.01 Å². The van der Waals surface area contributed by atoms with Gasteiger partial charge in [-0.1, -0.05) is 0 Å². The Morgan fingerprint density at radius 1 is 1.30 bits per heavy atom. The predicted molar refractivity (Wildman–Crippen MR) is 108 cm³/mol. The Bertz CT molecular complexity index is 952. The first-order chi connectivity index (χ1) is 13.0. The van der Waals surface area contributed by atoms with Crippen LogP contribution in [0.3, 0.4) is 0 Å². The Labute approximate surface area is 161 Å². The molecule has 1 atom stereocenters. The second-order valence-corrected chi connectivity index (χ2v) is 7.94. The number of aromatic nitrogens is 2. The third kappa shape index (κ3) is 3.61. The summed E-state index contributed by atoms with van der Waals surface area (Å²) >= 11 is 1.54. The number of rotatable bonds is 4. The zero-order valence-electron chi connectivity index (χ0n) is 15.1. The van der Waals surface area contributed by atoms with Crippen LogP contribution in [0.2, 0.25) is 0 Å². The minimum Gasteiger partial charge on any atom is -0.396 e. The zero-order valence-corrected chi connectivity index (χ0v) is 15.9. The fourth-order valence-electron chi connectivity index (χ4n) is 3.42. The van der Waals surface area contributed by atoms with Gasteiger partial charge < -0.3 is 15.6 Å². The van der Waals surface area contributed by atoms with Gasteiger partial charge >= 0.3 is 0 Å². The number of nitrogen functional groups attached to an aromatic ring is 1. The van der Waals surface area contributed by atoms with Gasteiger partial charge in [-0.15, -0.1) is 11.3 Å². The topological polar surface area (TPSA) is 111 Å². The highest BCUT2D eigenvalue weighted by atomic mass is 32.1. The van der Waals surface area contributed by atoms with Crippen molar-refractivity contribution in [3.8, 4) is 11.3 Å². The molecule has 3 aromatic rings. The fraction of sp³-hybridized carbons (Fsp3) is 0.368. The molecule has 0 radical (unpaired) electrons. The van der Waals surface area contributed by atoms with Crippen molar-refractivity contribution in [1.29, 1.82) is 0 Å². The molecule has 1 aliphatic heterocycles. The van der Waals surface area contributed by atoms with Crippen LogP contribution in [-0.2, 0) is 4.74 Å². The van der Waals surface area contributed by atoms with Crippen molar-refractivity contribution in [3.63, 3.8) is 0 Å². The van der Waals surface area contributed by atoms with Gasteiger partial charge in [-0.05, 0) is 43.0 Å². The van der Waals surface area contributed by atoms with Gasteiger partial charge in [0.1, 0.15) is 4.83 Å². The molecule has 8 heteroatoms. The summed E-state index contributed by atoms with van der Waals surface area (Å²) in [5.41, 5.74) is 8.17. The van der Waals surface area contributed by atoms with Gasteiger partial charge in [0.2, 0.25) is 0 Å². The van der Waals surface area contributed by atoms with Gasteiger partial charge in [0.15, 0.2) is 5.82 Å². The summed E-state index contributed by atoms with van der Waals surface area (Å²) in [4.78, 5) is 10.9. The standard InChI is InChI=1S/C19H23N5O2S/c1-24(21)18-14(20)8-13(10-22-18)15-3-2-12-9-16(27-19(12)23-15)17(25)11-4-6-26-7-5-11/h2-3,8-11,17,25H,4-7,20-21H2,1H3. The number of ether oxygens (including phenoxy) is 1. The molecule has 4 rings (SSSR count). The van der Waals surface area contributed by atoms with E-state index in [0.717, 1.165) is 52.4 Å². The predicted octanol–water partition coefficient (Wildman–Crippen LogP) is 2.71. The number of pyridine rings is 2. The van der Waals surface area contributed by atoms with Gasteiger partial charge in [-0.2, -0.15) is 0 Å². The van der Waals surface area contributed by atoms with Gasteiger partial charge in [-0.25, -0.2) is 15.8 Å². The van der Waals surface area contributed by atoms with E-state index in [0.29, 0.717) is 11.5 Å². The molecule has 1 fully saturated rings. The van der Waals surface area contributed by atoms with Crippen LogP contribution in [0, 0.1) is 5.92 Å². The molecule has 142 valence electrons. The summed E-state index contributed by atoms with van der Waals surface area (Å²) in [5.74, 6) is 6.49. The second-order valence-electron chi connectivity index (χ2n) is 6.88. The van der Waals surface area contributed by atoms with Crippen molar-refractivity contribution in [2.45, 2.75) is 18.9 Å². The number of hydrogen-bond acceptors (Lipinski definition) is 8. The Balaban J connectivity index is 1.63. The highest BCUT2D eigenvalue weighted by molar-refractivity contribution is 7.18. The van der Waals surface area contributed by atoms with E-state index in [2.05, 4.69) is 4.98 Å². The molecule has 0 aliphatic carbocycles. The highest BCUT2D eigenvalue weighted by Gasteiger charge is 2.25. The number of hydrogen-bond donors (Lipinski definition) is 3. The third-order valence-corrected chi connectivity index (χ3v) is 6.05. The molecule has 1 aliphatic rings. The van der Waals surface area contributed by atoms with Crippen molar-refractivity contribution in [1.82, 2.24) is 9.97 Å². The minimum absolute atomic E-state index is 0.246. The lowest BCUT2D eigenvalue weighted by Gasteiger charge is -2.25. The van der Waals surface area contributed by atoms with Crippen molar-refractivity contribution >= 4 is 33.1 Å². The molecule has 5 N–H and O–H groups in total. The summed E-state index contributed by atoms with van der Waals surface area (Å²) in [6, 6.07) is 7.83. The average molecular weight is 385 g/mol. The number of thiophene rings is 1. The molecule has 0 aromatic carbocycles. The number of hydrazine groups is 1.